The van der Waals surface area contributed by atoms with E-state index in [2.05, 4.69) is 21.3 Å². The maximum absolute atomic E-state index is 10.8. The van der Waals surface area contributed by atoms with E-state index in [9.17, 15) is 10.1 Å². The molecule has 142 valence electrons. The van der Waals surface area contributed by atoms with E-state index in [1.165, 1.54) is 12.1 Å². The van der Waals surface area contributed by atoms with Gasteiger partial charge in [-0.15, -0.1) is 10.6 Å². The van der Waals surface area contributed by atoms with Crippen LogP contribution in [0.4, 0.5) is 5.69 Å². The molecule has 4 rings (SSSR count). The second-order valence-corrected chi connectivity index (χ2v) is 6.57. The first kappa shape index (κ1) is 18.0. The third-order valence-corrected chi connectivity index (χ3v) is 4.75. The molecule has 0 fully saturated rings. The van der Waals surface area contributed by atoms with Crippen LogP contribution >= 0.6 is 11.6 Å². The highest BCUT2D eigenvalue weighted by Gasteiger charge is 2.25. The largest absolute Gasteiger partial charge is 0.269 e. The quantitative estimate of drug-likeness (QED) is 0.507. The molecule has 28 heavy (non-hydrogen) atoms. The van der Waals surface area contributed by atoms with Gasteiger partial charge in [-0.3, -0.25) is 15.1 Å². The number of nitrogens with one attached hydrogen (secondary N) is 2. The number of hydrazone groups is 1. The fourth-order valence-corrected chi connectivity index (χ4v) is 3.20. The van der Waals surface area contributed by atoms with Gasteiger partial charge < -0.3 is 0 Å². The Morgan fingerprint density at radius 1 is 1.18 bits per heavy atom. The number of hydrazine groups is 2. The molecule has 0 saturated heterocycles. The zero-order valence-corrected chi connectivity index (χ0v) is 15.6. The molecule has 0 aliphatic carbocycles. The lowest BCUT2D eigenvalue weighted by molar-refractivity contribution is -0.384. The Balaban J connectivity index is 1.59. The van der Waals surface area contributed by atoms with Crippen molar-refractivity contribution in [3.05, 3.63) is 86.7 Å². The molecule has 0 radical (unpaired) electrons. The lowest BCUT2D eigenvalue weighted by Gasteiger charge is -2.18. The van der Waals surface area contributed by atoms with E-state index < -0.39 is 4.92 Å². The molecule has 1 aromatic heterocycles. The van der Waals surface area contributed by atoms with E-state index in [0.717, 1.165) is 16.8 Å². The monoisotopic (exact) mass is 397 g/mol. The predicted octanol–water partition coefficient (Wildman–Crippen LogP) is 2.93. The number of rotatable bonds is 5. The van der Waals surface area contributed by atoms with Gasteiger partial charge >= 0.3 is 0 Å². The van der Waals surface area contributed by atoms with E-state index in [1.807, 2.05) is 31.2 Å². The molecule has 0 saturated carbocycles. The van der Waals surface area contributed by atoms with Gasteiger partial charge in [0.1, 0.15) is 5.15 Å². The molecule has 2 heterocycles. The zero-order valence-electron chi connectivity index (χ0n) is 14.8. The summed E-state index contributed by atoms with van der Waals surface area (Å²) in [5, 5.41) is 21.7. The van der Waals surface area contributed by atoms with Gasteiger partial charge in [-0.05, 0) is 24.1 Å². The van der Waals surface area contributed by atoms with Gasteiger partial charge in [0, 0.05) is 12.1 Å². The van der Waals surface area contributed by atoms with Crippen LogP contribution in [0.25, 0.3) is 5.69 Å². The van der Waals surface area contributed by atoms with Gasteiger partial charge in [-0.25, -0.2) is 10.2 Å². The van der Waals surface area contributed by atoms with Crippen LogP contribution in [0.2, 0.25) is 5.15 Å². The van der Waals surface area contributed by atoms with E-state index >= 15 is 0 Å². The molecule has 0 spiro atoms. The topological polar surface area (TPSA) is 101 Å². The summed E-state index contributed by atoms with van der Waals surface area (Å²) in [5.74, 6) is 0.572. The molecular weight excluding hydrogens is 382 g/mol. The van der Waals surface area contributed by atoms with Crippen molar-refractivity contribution >= 4 is 23.1 Å². The average molecular weight is 398 g/mol. The maximum atomic E-state index is 10.8. The lowest BCUT2D eigenvalue weighted by Crippen LogP contribution is -2.40. The molecule has 1 aliphatic rings. The van der Waals surface area contributed by atoms with Crippen LogP contribution in [0.15, 0.2) is 59.8 Å². The minimum atomic E-state index is -0.425. The highest BCUT2D eigenvalue weighted by atomic mass is 35.5. The number of benzene rings is 2. The molecule has 2 N–H and O–H groups in total. The first-order valence-corrected chi connectivity index (χ1v) is 8.81. The van der Waals surface area contributed by atoms with Crippen molar-refractivity contribution in [3.63, 3.8) is 0 Å². The minimum Gasteiger partial charge on any atom is -0.266 e. The summed E-state index contributed by atoms with van der Waals surface area (Å²) in [6, 6.07) is 14.2. The number of nitrogens with zero attached hydrogens (tertiary/aromatic N) is 5. The molecule has 3 aromatic rings. The van der Waals surface area contributed by atoms with Crippen molar-refractivity contribution in [2.24, 2.45) is 5.10 Å². The Morgan fingerprint density at radius 3 is 2.64 bits per heavy atom. The van der Waals surface area contributed by atoms with Gasteiger partial charge in [0.25, 0.3) is 5.69 Å². The Bertz CT molecular complexity index is 1060. The maximum Gasteiger partial charge on any atom is 0.269 e. The number of nitro benzene ring substituents is 1. The minimum absolute atomic E-state index is 0.0488. The average Bonchev–Trinajstić information content (AvgIpc) is 3.29. The number of amidine groups is 1. The van der Waals surface area contributed by atoms with E-state index in [4.69, 9.17) is 11.6 Å². The van der Waals surface area contributed by atoms with Gasteiger partial charge in [-0.2, -0.15) is 5.10 Å². The number of hydrogen-bond acceptors (Lipinski definition) is 7. The Hall–Kier alpha value is -3.43. The summed E-state index contributed by atoms with van der Waals surface area (Å²) in [6.45, 7) is 2.42. The highest BCUT2D eigenvalue weighted by molar-refractivity contribution is 6.33. The zero-order chi connectivity index (χ0) is 19.7. The summed E-state index contributed by atoms with van der Waals surface area (Å²) in [6.07, 6.45) is 1.66. The van der Waals surface area contributed by atoms with Crippen molar-refractivity contribution < 1.29 is 4.92 Å². The van der Waals surface area contributed by atoms with Gasteiger partial charge in [-0.1, -0.05) is 41.9 Å². The van der Waals surface area contributed by atoms with Crippen LogP contribution in [0.5, 0.6) is 0 Å². The number of nitro groups is 1. The second-order valence-electron chi connectivity index (χ2n) is 6.22. The molecule has 1 aliphatic heterocycles. The summed E-state index contributed by atoms with van der Waals surface area (Å²) >= 11 is 6.60. The number of aryl methyl sites for hydroxylation is 1. The third-order valence-electron chi connectivity index (χ3n) is 4.39. The normalized spacial score (nSPS) is 13.4. The van der Waals surface area contributed by atoms with E-state index in [0.29, 0.717) is 23.1 Å². The first-order chi connectivity index (χ1) is 13.5. The molecule has 0 bridgehead atoms. The number of aromatic nitrogens is 2. The van der Waals surface area contributed by atoms with Crippen LogP contribution < -0.4 is 11.1 Å². The Kier molecular flexibility index (Phi) is 4.68. The van der Waals surface area contributed by atoms with Gasteiger partial charge in [0.05, 0.1) is 28.9 Å². The van der Waals surface area contributed by atoms with Crippen LogP contribution in [-0.4, -0.2) is 25.5 Å². The molecular formula is C18H16ClN7O2. The number of halogens is 1. The SMILES string of the molecule is Cc1ccccc1-n1ncc(C2=NNNN2Cc2ccc([N+](=O)[O-])cc2)c1Cl. The molecule has 10 heteroatoms. The van der Waals surface area contributed by atoms with Crippen LogP contribution in [0.1, 0.15) is 16.7 Å². The molecule has 0 amide bonds. The van der Waals surface area contributed by atoms with Gasteiger partial charge in [0.2, 0.25) is 0 Å². The Labute approximate surface area is 165 Å². The van der Waals surface area contributed by atoms with E-state index in [1.54, 1.807) is 28.0 Å². The summed E-state index contributed by atoms with van der Waals surface area (Å²) in [5.41, 5.74) is 9.16. The van der Waals surface area contributed by atoms with Crippen molar-refractivity contribution in [2.45, 2.75) is 13.5 Å². The van der Waals surface area contributed by atoms with Crippen molar-refractivity contribution in [1.82, 2.24) is 25.9 Å². The highest BCUT2D eigenvalue weighted by Crippen LogP contribution is 2.25. The predicted molar refractivity (Wildman–Crippen MR) is 105 cm³/mol. The standard InChI is InChI=1S/C18H16ClN7O2/c1-12-4-2-3-5-16(12)25-17(19)15(10-20-25)18-21-22-23-24(18)11-13-6-8-14(9-7-13)26(27)28/h2-10,22-23H,11H2,1H3. The summed E-state index contributed by atoms with van der Waals surface area (Å²) < 4.78 is 1.66. The first-order valence-electron chi connectivity index (χ1n) is 8.43. The molecule has 0 atom stereocenters. The second kappa shape index (κ2) is 7.29. The molecule has 9 nitrogen and oxygen atoms in total. The van der Waals surface area contributed by atoms with Crippen molar-refractivity contribution in [2.75, 3.05) is 0 Å². The van der Waals surface area contributed by atoms with Gasteiger partial charge in [0.15, 0.2) is 5.84 Å². The fourth-order valence-electron chi connectivity index (χ4n) is 2.93. The van der Waals surface area contributed by atoms with Crippen molar-refractivity contribution in [3.8, 4) is 5.69 Å². The smallest absolute Gasteiger partial charge is 0.266 e. The third kappa shape index (κ3) is 3.28. The Morgan fingerprint density at radius 2 is 1.93 bits per heavy atom. The van der Waals surface area contributed by atoms with Crippen molar-refractivity contribution in [1.29, 1.82) is 0 Å². The number of non-ortho nitro benzene ring substituents is 1. The van der Waals surface area contributed by atoms with Crippen LogP contribution in [0, 0.1) is 17.0 Å². The number of hydrogen-bond donors (Lipinski definition) is 2. The summed E-state index contributed by atoms with van der Waals surface area (Å²) in [7, 11) is 0. The molecule has 0 unspecified atom stereocenters. The fraction of sp³-hybridized carbons (Fsp3) is 0.111. The number of para-hydroxylation sites is 1. The van der Waals surface area contributed by atoms with Crippen LogP contribution in [-0.2, 0) is 6.54 Å². The van der Waals surface area contributed by atoms with E-state index in [-0.39, 0.29) is 5.69 Å². The summed E-state index contributed by atoms with van der Waals surface area (Å²) in [4.78, 5) is 10.4. The molecule has 2 aromatic carbocycles. The van der Waals surface area contributed by atoms with Crippen LogP contribution in [0.3, 0.4) is 0 Å². The lowest BCUT2D eigenvalue weighted by atomic mass is 10.2.